The van der Waals surface area contributed by atoms with Crippen LogP contribution in [0.25, 0.3) is 0 Å². The highest BCUT2D eigenvalue weighted by Crippen LogP contribution is 2.40. The third-order valence-electron chi connectivity index (χ3n) is 2.94. The number of nitrogens with zero attached hydrogens (tertiary/aromatic N) is 1. The average Bonchev–Trinajstić information content (AvgIpc) is 2.72. The SMILES string of the molecule is CNC(c1cnccc1C(F)(F)F)c1scc(C)c1Cl. The van der Waals surface area contributed by atoms with Gasteiger partial charge in [-0.1, -0.05) is 11.6 Å². The molecule has 2 rings (SSSR count). The van der Waals surface area contributed by atoms with Crippen molar-refractivity contribution < 1.29 is 13.2 Å². The zero-order chi connectivity index (χ0) is 14.9. The van der Waals surface area contributed by atoms with Gasteiger partial charge in [0.2, 0.25) is 0 Å². The Bertz CT molecular complexity index is 610. The van der Waals surface area contributed by atoms with Gasteiger partial charge in [0.25, 0.3) is 0 Å². The van der Waals surface area contributed by atoms with Gasteiger partial charge in [-0.3, -0.25) is 4.98 Å². The van der Waals surface area contributed by atoms with Crippen LogP contribution in [-0.2, 0) is 6.18 Å². The summed E-state index contributed by atoms with van der Waals surface area (Å²) in [5.74, 6) is 0. The van der Waals surface area contributed by atoms with Crippen molar-refractivity contribution >= 4 is 22.9 Å². The summed E-state index contributed by atoms with van der Waals surface area (Å²) in [4.78, 5) is 4.47. The summed E-state index contributed by atoms with van der Waals surface area (Å²) >= 11 is 7.50. The quantitative estimate of drug-likeness (QED) is 0.904. The number of halogens is 4. The fourth-order valence-corrected chi connectivity index (χ4v) is 3.40. The standard InChI is InChI=1S/C13H12ClF3N2S/c1-7-6-20-12(10(7)14)11(18-2)8-5-19-4-3-9(8)13(15,16)17/h3-6,11,18H,1-2H3. The Morgan fingerprint density at radius 1 is 1.40 bits per heavy atom. The monoisotopic (exact) mass is 320 g/mol. The molecular weight excluding hydrogens is 309 g/mol. The normalized spacial score (nSPS) is 13.5. The van der Waals surface area contributed by atoms with Gasteiger partial charge in [-0.25, -0.2) is 0 Å². The lowest BCUT2D eigenvalue weighted by molar-refractivity contribution is -0.138. The van der Waals surface area contributed by atoms with Crippen LogP contribution in [0.5, 0.6) is 0 Å². The summed E-state index contributed by atoms with van der Waals surface area (Å²) in [7, 11) is 1.60. The molecule has 7 heteroatoms. The summed E-state index contributed by atoms with van der Waals surface area (Å²) in [5, 5.41) is 5.20. The molecule has 0 amide bonds. The lowest BCUT2D eigenvalue weighted by atomic mass is 10.0. The molecule has 0 aliphatic heterocycles. The van der Waals surface area contributed by atoms with Gasteiger partial charge in [0.1, 0.15) is 0 Å². The van der Waals surface area contributed by atoms with E-state index in [2.05, 4.69) is 10.3 Å². The van der Waals surface area contributed by atoms with Crippen molar-refractivity contribution in [3.8, 4) is 0 Å². The Balaban J connectivity index is 2.56. The lowest BCUT2D eigenvalue weighted by Crippen LogP contribution is -2.21. The Kier molecular flexibility index (Phi) is 4.36. The highest BCUT2D eigenvalue weighted by Gasteiger charge is 2.36. The first kappa shape index (κ1) is 15.3. The predicted molar refractivity (Wildman–Crippen MR) is 74.2 cm³/mol. The Hall–Kier alpha value is -1.11. The zero-order valence-corrected chi connectivity index (χ0v) is 12.3. The van der Waals surface area contributed by atoms with Crippen LogP contribution >= 0.6 is 22.9 Å². The van der Waals surface area contributed by atoms with Gasteiger partial charge in [0.05, 0.1) is 16.6 Å². The van der Waals surface area contributed by atoms with Gasteiger partial charge in [-0.05, 0) is 31.0 Å². The van der Waals surface area contributed by atoms with Crippen molar-refractivity contribution in [3.63, 3.8) is 0 Å². The molecule has 20 heavy (non-hydrogen) atoms. The van der Waals surface area contributed by atoms with Crippen molar-refractivity contribution in [2.75, 3.05) is 7.05 Å². The number of rotatable bonds is 3. The van der Waals surface area contributed by atoms with Gasteiger partial charge >= 0.3 is 6.18 Å². The number of aryl methyl sites for hydroxylation is 1. The molecule has 2 aromatic heterocycles. The minimum Gasteiger partial charge on any atom is -0.309 e. The van der Waals surface area contributed by atoms with E-state index in [-0.39, 0.29) is 5.56 Å². The number of nitrogens with one attached hydrogen (secondary N) is 1. The fraction of sp³-hybridized carbons (Fsp3) is 0.308. The molecule has 2 nitrogen and oxygen atoms in total. The van der Waals surface area contributed by atoms with Crippen molar-refractivity contribution in [2.45, 2.75) is 19.1 Å². The highest BCUT2D eigenvalue weighted by molar-refractivity contribution is 7.10. The van der Waals surface area contributed by atoms with E-state index in [9.17, 15) is 13.2 Å². The molecule has 1 atom stereocenters. The van der Waals surface area contributed by atoms with Gasteiger partial charge in [0, 0.05) is 22.8 Å². The maximum absolute atomic E-state index is 13.1. The second-order valence-corrected chi connectivity index (χ2v) is 5.57. The summed E-state index contributed by atoms with van der Waals surface area (Å²) in [5.41, 5.74) is 0.226. The van der Waals surface area contributed by atoms with Gasteiger partial charge < -0.3 is 5.32 Å². The van der Waals surface area contributed by atoms with E-state index in [0.29, 0.717) is 9.90 Å². The Morgan fingerprint density at radius 2 is 2.10 bits per heavy atom. The predicted octanol–water partition coefficient (Wildman–Crippen LogP) is 4.43. The van der Waals surface area contributed by atoms with E-state index in [0.717, 1.165) is 17.8 Å². The summed E-state index contributed by atoms with van der Waals surface area (Å²) in [6, 6.07) is 0.347. The molecule has 0 aromatic carbocycles. The van der Waals surface area contributed by atoms with E-state index in [4.69, 9.17) is 11.6 Å². The molecule has 0 saturated heterocycles. The molecule has 0 spiro atoms. The van der Waals surface area contributed by atoms with Crippen LogP contribution in [0.4, 0.5) is 13.2 Å². The zero-order valence-electron chi connectivity index (χ0n) is 10.8. The van der Waals surface area contributed by atoms with Crippen molar-refractivity contribution in [1.29, 1.82) is 0 Å². The van der Waals surface area contributed by atoms with Crippen molar-refractivity contribution in [3.05, 3.63) is 50.4 Å². The van der Waals surface area contributed by atoms with Crippen LogP contribution in [0.15, 0.2) is 23.8 Å². The molecule has 0 aliphatic rings. The van der Waals surface area contributed by atoms with E-state index in [1.54, 1.807) is 7.05 Å². The number of alkyl halides is 3. The van der Waals surface area contributed by atoms with Crippen LogP contribution in [0.3, 0.4) is 0 Å². The van der Waals surface area contributed by atoms with E-state index in [1.165, 1.54) is 17.5 Å². The molecule has 2 heterocycles. The first-order valence-electron chi connectivity index (χ1n) is 5.78. The van der Waals surface area contributed by atoms with Crippen LogP contribution in [0.1, 0.15) is 27.6 Å². The first-order valence-corrected chi connectivity index (χ1v) is 7.04. The number of pyridine rings is 1. The second-order valence-electron chi connectivity index (χ2n) is 4.28. The fourth-order valence-electron chi connectivity index (χ4n) is 1.97. The van der Waals surface area contributed by atoms with Crippen molar-refractivity contribution in [2.24, 2.45) is 0 Å². The molecule has 108 valence electrons. The minimum atomic E-state index is -4.42. The molecule has 0 bridgehead atoms. The molecule has 0 radical (unpaired) electrons. The van der Waals surface area contributed by atoms with Gasteiger partial charge in [-0.15, -0.1) is 11.3 Å². The Morgan fingerprint density at radius 3 is 2.60 bits per heavy atom. The lowest BCUT2D eigenvalue weighted by Gasteiger charge is -2.20. The summed E-state index contributed by atoms with van der Waals surface area (Å²) < 4.78 is 39.2. The molecule has 0 saturated carbocycles. The van der Waals surface area contributed by atoms with E-state index in [1.807, 2.05) is 12.3 Å². The molecule has 0 fully saturated rings. The third kappa shape index (κ3) is 2.82. The molecule has 2 aromatic rings. The number of hydrogen-bond donors (Lipinski definition) is 1. The average molecular weight is 321 g/mol. The molecule has 1 unspecified atom stereocenters. The van der Waals surface area contributed by atoms with E-state index >= 15 is 0 Å². The smallest absolute Gasteiger partial charge is 0.309 e. The topological polar surface area (TPSA) is 24.9 Å². The van der Waals surface area contributed by atoms with Crippen molar-refractivity contribution in [1.82, 2.24) is 10.3 Å². The molecule has 0 aliphatic carbocycles. The number of hydrogen-bond acceptors (Lipinski definition) is 3. The van der Waals surface area contributed by atoms with Crippen LogP contribution in [0, 0.1) is 6.92 Å². The maximum atomic E-state index is 13.1. The number of thiophene rings is 1. The van der Waals surface area contributed by atoms with E-state index < -0.39 is 17.8 Å². The first-order chi connectivity index (χ1) is 9.36. The van der Waals surface area contributed by atoms with Gasteiger partial charge in [-0.2, -0.15) is 13.2 Å². The highest BCUT2D eigenvalue weighted by atomic mass is 35.5. The molecule has 1 N–H and O–H groups in total. The third-order valence-corrected chi connectivity index (χ3v) is 4.72. The minimum absolute atomic E-state index is 0.0752. The second kappa shape index (κ2) is 5.71. The summed E-state index contributed by atoms with van der Waals surface area (Å²) in [6.45, 7) is 1.82. The maximum Gasteiger partial charge on any atom is 0.416 e. The molecular formula is C13H12ClF3N2S. The summed E-state index contributed by atoms with van der Waals surface area (Å²) in [6.07, 6.45) is -2.05. The van der Waals surface area contributed by atoms with Crippen LogP contribution in [-0.4, -0.2) is 12.0 Å². The largest absolute Gasteiger partial charge is 0.416 e. The van der Waals surface area contributed by atoms with Crippen LogP contribution < -0.4 is 5.32 Å². The number of aromatic nitrogens is 1. The Labute approximate surface area is 123 Å². The van der Waals surface area contributed by atoms with Crippen LogP contribution in [0.2, 0.25) is 5.02 Å². The van der Waals surface area contributed by atoms with Gasteiger partial charge in [0.15, 0.2) is 0 Å².